The molecule has 0 atom stereocenters. The van der Waals surface area contributed by atoms with Gasteiger partial charge in [0, 0.05) is 22.5 Å². The Balaban J connectivity index is 1.44. The summed E-state index contributed by atoms with van der Waals surface area (Å²) in [6, 6.07) is 10.7. The highest BCUT2D eigenvalue weighted by Gasteiger charge is 2.15. The molecule has 0 aliphatic carbocycles. The maximum absolute atomic E-state index is 12.4. The lowest BCUT2D eigenvalue weighted by Gasteiger charge is -2.09. The number of amides is 1. The number of rotatable bonds is 4. The average Bonchev–Trinajstić information content (AvgIpc) is 3.12. The lowest BCUT2D eigenvalue weighted by Crippen LogP contribution is -2.14. The molecule has 0 saturated carbocycles. The first-order valence-electron chi connectivity index (χ1n) is 8.15. The van der Waals surface area contributed by atoms with Crippen molar-refractivity contribution < 1.29 is 14.3 Å². The fourth-order valence-corrected chi connectivity index (χ4v) is 2.81. The number of halogens is 1. The summed E-state index contributed by atoms with van der Waals surface area (Å²) in [6.45, 7) is 2.12. The first-order valence-corrected chi connectivity index (χ1v) is 8.52. The fourth-order valence-electron chi connectivity index (χ4n) is 2.58. The minimum atomic E-state index is -0.365. The first kappa shape index (κ1) is 17.1. The van der Waals surface area contributed by atoms with Gasteiger partial charge in [-0.1, -0.05) is 11.6 Å². The number of carbonyl (C=O) groups is 1. The Labute approximate surface area is 160 Å². The number of benzene rings is 2. The van der Waals surface area contributed by atoms with E-state index in [0.29, 0.717) is 28.0 Å². The number of ether oxygens (including phenoxy) is 2. The summed E-state index contributed by atoms with van der Waals surface area (Å²) in [7, 11) is 0. The van der Waals surface area contributed by atoms with E-state index in [1.807, 2.05) is 19.1 Å². The van der Waals surface area contributed by atoms with E-state index in [0.717, 1.165) is 11.3 Å². The van der Waals surface area contributed by atoms with Crippen LogP contribution in [-0.2, 0) is 0 Å². The summed E-state index contributed by atoms with van der Waals surface area (Å²) >= 11 is 5.96. The van der Waals surface area contributed by atoms with Crippen molar-refractivity contribution in [1.29, 1.82) is 0 Å². The molecule has 1 aromatic heterocycles. The molecule has 0 spiro atoms. The number of nitrogens with one attached hydrogen (secondary N) is 2. The van der Waals surface area contributed by atoms with Gasteiger partial charge in [-0.3, -0.25) is 4.79 Å². The van der Waals surface area contributed by atoms with E-state index in [-0.39, 0.29) is 18.4 Å². The standard InChI is InChI=1S/C19H15ClN4O3/c1-11-6-12(20)2-4-14(11)24-18-9-21-15(8-22-18)19(25)23-13-3-5-16-17(7-13)27-10-26-16/h2-9H,10H2,1H3,(H,22,24)(H,23,25). The van der Waals surface area contributed by atoms with E-state index in [1.54, 1.807) is 24.3 Å². The molecule has 0 bridgehead atoms. The van der Waals surface area contributed by atoms with Crippen molar-refractivity contribution in [2.75, 3.05) is 17.4 Å². The van der Waals surface area contributed by atoms with E-state index < -0.39 is 0 Å². The van der Waals surface area contributed by atoms with Crippen LogP contribution in [0.2, 0.25) is 5.02 Å². The third kappa shape index (κ3) is 3.78. The molecule has 2 N–H and O–H groups in total. The lowest BCUT2D eigenvalue weighted by atomic mass is 10.2. The van der Waals surface area contributed by atoms with E-state index in [9.17, 15) is 4.79 Å². The van der Waals surface area contributed by atoms with Crippen LogP contribution in [0.4, 0.5) is 17.2 Å². The summed E-state index contributed by atoms with van der Waals surface area (Å²) in [5.74, 6) is 1.41. The minimum absolute atomic E-state index is 0.180. The highest BCUT2D eigenvalue weighted by Crippen LogP contribution is 2.34. The van der Waals surface area contributed by atoms with Crippen molar-refractivity contribution in [1.82, 2.24) is 9.97 Å². The summed E-state index contributed by atoms with van der Waals surface area (Å²) in [5.41, 5.74) is 2.64. The van der Waals surface area contributed by atoms with Crippen LogP contribution in [0, 0.1) is 6.92 Å². The summed E-state index contributed by atoms with van der Waals surface area (Å²) < 4.78 is 10.5. The van der Waals surface area contributed by atoms with Gasteiger partial charge < -0.3 is 20.1 Å². The van der Waals surface area contributed by atoms with Crippen LogP contribution in [0.25, 0.3) is 0 Å². The van der Waals surface area contributed by atoms with Crippen LogP contribution in [0.5, 0.6) is 11.5 Å². The van der Waals surface area contributed by atoms with Gasteiger partial charge in [-0.2, -0.15) is 0 Å². The molecule has 2 heterocycles. The third-order valence-corrected chi connectivity index (χ3v) is 4.20. The molecule has 7 nitrogen and oxygen atoms in total. The van der Waals surface area contributed by atoms with Gasteiger partial charge in [-0.25, -0.2) is 9.97 Å². The van der Waals surface area contributed by atoms with Crippen molar-refractivity contribution in [2.45, 2.75) is 6.92 Å². The molecule has 8 heteroatoms. The summed E-state index contributed by atoms with van der Waals surface area (Å²) in [4.78, 5) is 20.8. The molecule has 4 rings (SSSR count). The van der Waals surface area contributed by atoms with Gasteiger partial charge in [-0.05, 0) is 42.8 Å². The van der Waals surface area contributed by atoms with Gasteiger partial charge in [-0.15, -0.1) is 0 Å². The average molecular weight is 383 g/mol. The van der Waals surface area contributed by atoms with Crippen LogP contribution in [-0.4, -0.2) is 22.7 Å². The van der Waals surface area contributed by atoms with Crippen LogP contribution in [0.1, 0.15) is 16.1 Å². The van der Waals surface area contributed by atoms with Crippen molar-refractivity contribution >= 4 is 34.7 Å². The van der Waals surface area contributed by atoms with Crippen LogP contribution in [0.15, 0.2) is 48.8 Å². The highest BCUT2D eigenvalue weighted by atomic mass is 35.5. The Hall–Kier alpha value is -3.32. The second-order valence-corrected chi connectivity index (χ2v) is 6.33. The van der Waals surface area contributed by atoms with Crippen LogP contribution < -0.4 is 20.1 Å². The van der Waals surface area contributed by atoms with Gasteiger partial charge in [0.15, 0.2) is 11.5 Å². The molecule has 1 aliphatic rings. The first-order chi connectivity index (χ1) is 13.1. The number of carbonyl (C=O) groups excluding carboxylic acids is 1. The van der Waals surface area contributed by atoms with Crippen LogP contribution >= 0.6 is 11.6 Å². The van der Waals surface area contributed by atoms with E-state index in [2.05, 4.69) is 20.6 Å². The topological polar surface area (TPSA) is 85.4 Å². The molecule has 1 aliphatic heterocycles. The number of aryl methyl sites for hydroxylation is 1. The van der Waals surface area contributed by atoms with Gasteiger partial charge in [0.05, 0.1) is 12.4 Å². The second kappa shape index (κ2) is 7.13. The minimum Gasteiger partial charge on any atom is -0.454 e. The third-order valence-electron chi connectivity index (χ3n) is 3.97. The molecule has 1 amide bonds. The molecule has 136 valence electrons. The van der Waals surface area contributed by atoms with E-state index in [4.69, 9.17) is 21.1 Å². The van der Waals surface area contributed by atoms with Crippen LogP contribution in [0.3, 0.4) is 0 Å². The molecule has 3 aromatic rings. The predicted octanol–water partition coefficient (Wildman–Crippen LogP) is 4.16. The monoisotopic (exact) mass is 382 g/mol. The smallest absolute Gasteiger partial charge is 0.275 e. The number of nitrogens with zero attached hydrogens (tertiary/aromatic N) is 2. The molecule has 0 fully saturated rings. The quantitative estimate of drug-likeness (QED) is 0.704. The van der Waals surface area contributed by atoms with Gasteiger partial charge in [0.2, 0.25) is 6.79 Å². The molecular formula is C19H15ClN4O3. The maximum Gasteiger partial charge on any atom is 0.275 e. The molecular weight excluding hydrogens is 368 g/mol. The Morgan fingerprint density at radius 1 is 1.07 bits per heavy atom. The molecule has 0 radical (unpaired) electrons. The zero-order chi connectivity index (χ0) is 18.8. The van der Waals surface area contributed by atoms with Gasteiger partial charge in [0.25, 0.3) is 5.91 Å². The predicted molar refractivity (Wildman–Crippen MR) is 102 cm³/mol. The number of hydrogen-bond acceptors (Lipinski definition) is 6. The Bertz CT molecular complexity index is 1010. The molecule has 0 saturated heterocycles. The summed E-state index contributed by atoms with van der Waals surface area (Å²) in [6.07, 6.45) is 2.92. The number of hydrogen-bond donors (Lipinski definition) is 2. The Morgan fingerprint density at radius 3 is 2.70 bits per heavy atom. The molecule has 27 heavy (non-hydrogen) atoms. The number of anilines is 3. The maximum atomic E-state index is 12.4. The van der Waals surface area contributed by atoms with E-state index in [1.165, 1.54) is 12.4 Å². The zero-order valence-electron chi connectivity index (χ0n) is 14.3. The van der Waals surface area contributed by atoms with Gasteiger partial charge in [0.1, 0.15) is 11.5 Å². The molecule has 2 aromatic carbocycles. The largest absolute Gasteiger partial charge is 0.454 e. The van der Waals surface area contributed by atoms with Crippen molar-refractivity contribution in [2.24, 2.45) is 0 Å². The normalized spacial score (nSPS) is 11.9. The number of aromatic nitrogens is 2. The zero-order valence-corrected chi connectivity index (χ0v) is 15.1. The highest BCUT2D eigenvalue weighted by molar-refractivity contribution is 6.30. The lowest BCUT2D eigenvalue weighted by molar-refractivity contribution is 0.102. The molecule has 0 unspecified atom stereocenters. The van der Waals surface area contributed by atoms with Crippen molar-refractivity contribution in [3.05, 3.63) is 65.1 Å². The second-order valence-electron chi connectivity index (χ2n) is 5.89. The van der Waals surface area contributed by atoms with Crippen molar-refractivity contribution in [3.8, 4) is 11.5 Å². The fraction of sp³-hybridized carbons (Fsp3) is 0.105. The van der Waals surface area contributed by atoms with Gasteiger partial charge >= 0.3 is 0 Å². The Kier molecular flexibility index (Phi) is 4.52. The summed E-state index contributed by atoms with van der Waals surface area (Å²) in [5, 5.41) is 6.58. The van der Waals surface area contributed by atoms with E-state index >= 15 is 0 Å². The number of fused-ring (bicyclic) bond motifs is 1. The SMILES string of the molecule is Cc1cc(Cl)ccc1Nc1cnc(C(=O)Nc2ccc3c(c2)OCO3)cn1. The van der Waals surface area contributed by atoms with Crippen molar-refractivity contribution in [3.63, 3.8) is 0 Å². The Morgan fingerprint density at radius 2 is 1.93 bits per heavy atom.